The summed E-state index contributed by atoms with van der Waals surface area (Å²) in [6.07, 6.45) is -0.240. The number of carbonyl (C=O) groups is 2. The van der Waals surface area contributed by atoms with Gasteiger partial charge in [0.25, 0.3) is 5.91 Å². The molecule has 0 aromatic heterocycles. The molecule has 2 amide bonds. The van der Waals surface area contributed by atoms with Gasteiger partial charge in [0.15, 0.2) is 17.7 Å². The minimum Gasteiger partial charge on any atom is -0.497 e. The number of aryl methyl sites for hydroxylation is 1. The Morgan fingerprint density at radius 1 is 1.08 bits per heavy atom. The van der Waals surface area contributed by atoms with Crippen LogP contribution < -0.4 is 20.3 Å². The predicted octanol–water partition coefficient (Wildman–Crippen LogP) is 2.38. The van der Waals surface area contributed by atoms with Gasteiger partial charge >= 0.3 is 0 Å². The molecular formula is C19H21FN2O4. The lowest BCUT2D eigenvalue weighted by molar-refractivity contribution is -0.132. The highest BCUT2D eigenvalue weighted by molar-refractivity contribution is 5.84. The lowest BCUT2D eigenvalue weighted by Gasteiger charge is -2.15. The molecule has 2 rings (SSSR count). The molecule has 0 saturated carbocycles. The number of hydrazine groups is 1. The average Bonchev–Trinajstić information content (AvgIpc) is 2.66. The fraction of sp³-hybridized carbons (Fsp3) is 0.263. The monoisotopic (exact) mass is 360 g/mol. The van der Waals surface area contributed by atoms with Gasteiger partial charge in [-0.15, -0.1) is 0 Å². The molecule has 138 valence electrons. The van der Waals surface area contributed by atoms with E-state index in [1.165, 1.54) is 25.1 Å². The molecule has 1 unspecified atom stereocenters. The molecule has 0 bridgehead atoms. The third-order valence-corrected chi connectivity index (χ3v) is 3.63. The van der Waals surface area contributed by atoms with Crippen LogP contribution in [0.3, 0.4) is 0 Å². The van der Waals surface area contributed by atoms with Crippen LogP contribution in [0.1, 0.15) is 18.9 Å². The molecule has 2 aromatic rings. The SMILES string of the molecule is COc1ccc(CCC(=O)NNC(=O)C(C)Oc2ccccc2F)cc1. The van der Waals surface area contributed by atoms with Gasteiger partial charge in [0.05, 0.1) is 7.11 Å². The average molecular weight is 360 g/mol. The number of carbonyl (C=O) groups excluding carboxylic acids is 2. The van der Waals surface area contributed by atoms with Gasteiger partial charge in [-0.3, -0.25) is 20.4 Å². The summed E-state index contributed by atoms with van der Waals surface area (Å²) in [5.41, 5.74) is 5.57. The van der Waals surface area contributed by atoms with E-state index in [1.54, 1.807) is 13.2 Å². The fourth-order valence-electron chi connectivity index (χ4n) is 2.13. The molecule has 0 aliphatic carbocycles. The van der Waals surface area contributed by atoms with E-state index >= 15 is 0 Å². The summed E-state index contributed by atoms with van der Waals surface area (Å²) >= 11 is 0. The van der Waals surface area contributed by atoms with Crippen molar-refractivity contribution in [1.29, 1.82) is 0 Å². The van der Waals surface area contributed by atoms with Crippen molar-refractivity contribution in [3.8, 4) is 11.5 Å². The summed E-state index contributed by atoms with van der Waals surface area (Å²) in [7, 11) is 1.59. The number of rotatable bonds is 7. The Hall–Kier alpha value is -3.09. The summed E-state index contributed by atoms with van der Waals surface area (Å²) in [4.78, 5) is 23.7. The Morgan fingerprint density at radius 2 is 1.77 bits per heavy atom. The molecule has 2 N–H and O–H groups in total. The molecule has 0 radical (unpaired) electrons. The van der Waals surface area contributed by atoms with Crippen molar-refractivity contribution in [2.45, 2.75) is 25.9 Å². The Morgan fingerprint density at radius 3 is 2.42 bits per heavy atom. The number of hydrogen-bond acceptors (Lipinski definition) is 4. The predicted molar refractivity (Wildman–Crippen MR) is 94.1 cm³/mol. The molecule has 0 spiro atoms. The van der Waals surface area contributed by atoms with Crippen LogP contribution in [0.2, 0.25) is 0 Å². The second-order valence-electron chi connectivity index (χ2n) is 5.58. The summed E-state index contributed by atoms with van der Waals surface area (Å²) < 4.78 is 23.8. The second kappa shape index (κ2) is 9.41. The number of benzene rings is 2. The van der Waals surface area contributed by atoms with Crippen molar-refractivity contribution in [2.75, 3.05) is 7.11 Å². The summed E-state index contributed by atoms with van der Waals surface area (Å²) in [6, 6.07) is 13.2. The van der Waals surface area contributed by atoms with Crippen LogP contribution in [0.5, 0.6) is 11.5 Å². The lowest BCUT2D eigenvalue weighted by atomic mass is 10.1. The Labute approximate surface area is 151 Å². The first-order chi connectivity index (χ1) is 12.5. The van der Waals surface area contributed by atoms with Gasteiger partial charge in [0.1, 0.15) is 5.75 Å². The minimum atomic E-state index is -0.964. The van der Waals surface area contributed by atoms with Gasteiger partial charge in [-0.2, -0.15) is 0 Å². The second-order valence-corrected chi connectivity index (χ2v) is 5.58. The highest BCUT2D eigenvalue weighted by Gasteiger charge is 2.17. The van der Waals surface area contributed by atoms with Crippen LogP contribution in [0.25, 0.3) is 0 Å². The maximum Gasteiger partial charge on any atom is 0.279 e. The summed E-state index contributed by atoms with van der Waals surface area (Å²) in [6.45, 7) is 1.46. The summed E-state index contributed by atoms with van der Waals surface area (Å²) in [5.74, 6) is -0.760. The Balaban J connectivity index is 1.73. The third kappa shape index (κ3) is 5.77. The fourth-order valence-corrected chi connectivity index (χ4v) is 2.13. The van der Waals surface area contributed by atoms with Gasteiger partial charge in [-0.05, 0) is 43.2 Å². The van der Waals surface area contributed by atoms with E-state index < -0.39 is 17.8 Å². The smallest absolute Gasteiger partial charge is 0.279 e. The molecule has 2 aromatic carbocycles. The number of halogens is 1. The maximum absolute atomic E-state index is 13.5. The molecule has 0 heterocycles. The zero-order valence-electron chi connectivity index (χ0n) is 14.6. The standard InChI is InChI=1S/C19H21FN2O4/c1-13(26-17-6-4-3-5-16(17)20)19(24)22-21-18(23)12-9-14-7-10-15(25-2)11-8-14/h3-8,10-11,13H,9,12H2,1-2H3,(H,21,23)(H,22,24). The highest BCUT2D eigenvalue weighted by Crippen LogP contribution is 2.17. The highest BCUT2D eigenvalue weighted by atomic mass is 19.1. The van der Waals surface area contributed by atoms with Gasteiger partial charge in [0, 0.05) is 6.42 Å². The molecule has 0 fully saturated rings. The largest absolute Gasteiger partial charge is 0.497 e. The van der Waals surface area contributed by atoms with Crippen molar-refractivity contribution in [1.82, 2.24) is 10.9 Å². The normalized spacial score (nSPS) is 11.3. The summed E-state index contributed by atoms with van der Waals surface area (Å²) in [5, 5.41) is 0. The third-order valence-electron chi connectivity index (χ3n) is 3.63. The van der Waals surface area contributed by atoms with E-state index in [4.69, 9.17) is 9.47 Å². The first kappa shape index (κ1) is 19.2. The molecule has 26 heavy (non-hydrogen) atoms. The molecule has 7 heteroatoms. The van der Waals surface area contributed by atoms with Crippen molar-refractivity contribution < 1.29 is 23.5 Å². The van der Waals surface area contributed by atoms with Crippen molar-refractivity contribution in [3.63, 3.8) is 0 Å². The number of methoxy groups -OCH3 is 1. The number of nitrogens with one attached hydrogen (secondary N) is 2. The molecule has 1 atom stereocenters. The van der Waals surface area contributed by atoms with Crippen LogP contribution in [0.4, 0.5) is 4.39 Å². The number of amides is 2. The molecule has 0 aliphatic rings. The lowest BCUT2D eigenvalue weighted by Crippen LogP contribution is -2.47. The van der Waals surface area contributed by atoms with Crippen LogP contribution in [0.15, 0.2) is 48.5 Å². The number of hydrogen-bond donors (Lipinski definition) is 2. The molecular weight excluding hydrogens is 339 g/mol. The molecule has 6 nitrogen and oxygen atoms in total. The van der Waals surface area contributed by atoms with Gasteiger partial charge in [-0.1, -0.05) is 24.3 Å². The Kier molecular flexibility index (Phi) is 6.96. The number of ether oxygens (including phenoxy) is 2. The van der Waals surface area contributed by atoms with E-state index in [2.05, 4.69) is 10.9 Å². The molecule has 0 saturated heterocycles. The van der Waals surface area contributed by atoms with Crippen LogP contribution >= 0.6 is 0 Å². The zero-order valence-corrected chi connectivity index (χ0v) is 14.6. The van der Waals surface area contributed by atoms with Gasteiger partial charge in [0.2, 0.25) is 5.91 Å². The maximum atomic E-state index is 13.5. The van der Waals surface area contributed by atoms with E-state index in [0.29, 0.717) is 6.42 Å². The van der Waals surface area contributed by atoms with Crippen LogP contribution in [-0.2, 0) is 16.0 Å². The number of para-hydroxylation sites is 1. The first-order valence-electron chi connectivity index (χ1n) is 8.12. The first-order valence-corrected chi connectivity index (χ1v) is 8.12. The van der Waals surface area contributed by atoms with Gasteiger partial charge < -0.3 is 9.47 Å². The van der Waals surface area contributed by atoms with E-state index in [9.17, 15) is 14.0 Å². The van der Waals surface area contributed by atoms with E-state index in [0.717, 1.165) is 11.3 Å². The van der Waals surface area contributed by atoms with Crippen LogP contribution in [-0.4, -0.2) is 25.0 Å². The van der Waals surface area contributed by atoms with Crippen molar-refractivity contribution in [3.05, 3.63) is 59.9 Å². The van der Waals surface area contributed by atoms with Gasteiger partial charge in [-0.25, -0.2) is 4.39 Å². The zero-order chi connectivity index (χ0) is 18.9. The van der Waals surface area contributed by atoms with Crippen molar-refractivity contribution in [2.24, 2.45) is 0 Å². The topological polar surface area (TPSA) is 76.7 Å². The molecule has 0 aliphatic heterocycles. The Bertz CT molecular complexity index is 749. The van der Waals surface area contributed by atoms with Crippen LogP contribution in [0, 0.1) is 5.82 Å². The quantitative estimate of drug-likeness (QED) is 0.744. The minimum absolute atomic E-state index is 0.0269. The van der Waals surface area contributed by atoms with Crippen molar-refractivity contribution >= 4 is 11.8 Å². The van der Waals surface area contributed by atoms with E-state index in [-0.39, 0.29) is 18.1 Å². The van der Waals surface area contributed by atoms with E-state index in [1.807, 2.05) is 24.3 Å².